The third-order valence-corrected chi connectivity index (χ3v) is 8.78. The Morgan fingerprint density at radius 3 is 1.57 bits per heavy atom. The number of fused-ring (bicyclic) bond motifs is 7. The van der Waals surface area contributed by atoms with Crippen LogP contribution in [-0.2, 0) is 0 Å². The van der Waals surface area contributed by atoms with Gasteiger partial charge >= 0.3 is 0 Å². The molecule has 7 aromatic carbocycles. The first-order valence-corrected chi connectivity index (χ1v) is 13.5. The molecule has 8 aromatic rings. The molecule has 0 fully saturated rings. The minimum atomic E-state index is 1.26. The molecule has 0 N–H and O–H groups in total. The molecule has 0 radical (unpaired) electrons. The highest BCUT2D eigenvalue weighted by molar-refractivity contribution is 7.26. The van der Waals surface area contributed by atoms with Gasteiger partial charge in [-0.1, -0.05) is 115 Å². The van der Waals surface area contributed by atoms with E-state index in [0.717, 1.165) is 0 Å². The quantitative estimate of drug-likeness (QED) is 0.213. The van der Waals surface area contributed by atoms with Crippen LogP contribution in [0.5, 0.6) is 0 Å². The van der Waals surface area contributed by atoms with Crippen LogP contribution >= 0.6 is 11.3 Å². The Labute approximate surface area is 219 Å². The van der Waals surface area contributed by atoms with Crippen molar-refractivity contribution in [3.8, 4) is 22.3 Å². The molecule has 1 heteroatoms. The highest BCUT2D eigenvalue weighted by Gasteiger charge is 2.17. The summed E-state index contributed by atoms with van der Waals surface area (Å²) in [5, 5.41) is 10.5. The molecule has 0 saturated carbocycles. The minimum Gasteiger partial charge on any atom is -0.135 e. The van der Waals surface area contributed by atoms with Crippen LogP contribution in [0.2, 0.25) is 0 Å². The molecule has 0 unspecified atom stereocenters. The number of hydrogen-bond donors (Lipinski definition) is 0. The smallest absolute Gasteiger partial charge is 0.0361 e. The minimum absolute atomic E-state index is 1.26. The van der Waals surface area contributed by atoms with Crippen LogP contribution in [0, 0.1) is 0 Å². The third kappa shape index (κ3) is 3.08. The maximum atomic E-state index is 2.43. The molecule has 0 aliphatic heterocycles. The third-order valence-electron chi connectivity index (χ3n) is 7.64. The molecule has 172 valence electrons. The van der Waals surface area contributed by atoms with E-state index in [2.05, 4.69) is 133 Å². The molecule has 1 heterocycles. The highest BCUT2D eigenvalue weighted by atomic mass is 32.1. The maximum absolute atomic E-state index is 2.43. The fourth-order valence-electron chi connectivity index (χ4n) is 6.06. The van der Waals surface area contributed by atoms with Gasteiger partial charge in [0.05, 0.1) is 0 Å². The zero-order chi connectivity index (χ0) is 24.3. The van der Waals surface area contributed by atoms with Crippen LogP contribution < -0.4 is 0 Å². The van der Waals surface area contributed by atoms with Gasteiger partial charge in [-0.25, -0.2) is 0 Å². The Bertz CT molecular complexity index is 2070. The molecule has 0 aliphatic carbocycles. The van der Waals surface area contributed by atoms with Gasteiger partial charge < -0.3 is 0 Å². The second-order valence-electron chi connectivity index (χ2n) is 9.68. The summed E-state index contributed by atoms with van der Waals surface area (Å²) in [7, 11) is 0. The van der Waals surface area contributed by atoms with Crippen LogP contribution in [0.25, 0.3) is 74.7 Å². The van der Waals surface area contributed by atoms with Crippen molar-refractivity contribution in [1.82, 2.24) is 0 Å². The maximum Gasteiger partial charge on any atom is 0.0361 e. The molecule has 0 saturated heterocycles. The molecular weight excluding hydrogens is 464 g/mol. The summed E-state index contributed by atoms with van der Waals surface area (Å²) in [6.07, 6.45) is 0. The van der Waals surface area contributed by atoms with E-state index in [4.69, 9.17) is 0 Å². The largest absolute Gasteiger partial charge is 0.135 e. The van der Waals surface area contributed by atoms with E-state index in [1.807, 2.05) is 11.3 Å². The van der Waals surface area contributed by atoms with E-state index in [9.17, 15) is 0 Å². The van der Waals surface area contributed by atoms with E-state index in [1.165, 1.54) is 74.7 Å². The molecule has 0 atom stereocenters. The summed E-state index contributed by atoms with van der Waals surface area (Å²) in [6, 6.07) is 48.9. The lowest BCUT2D eigenvalue weighted by Gasteiger charge is -2.17. The van der Waals surface area contributed by atoms with Crippen LogP contribution in [0.4, 0.5) is 0 Å². The summed E-state index contributed by atoms with van der Waals surface area (Å²) < 4.78 is 2.68. The predicted octanol–water partition coefficient (Wildman–Crippen LogP) is 10.8. The van der Waals surface area contributed by atoms with E-state index in [0.29, 0.717) is 0 Å². The lowest BCUT2D eigenvalue weighted by molar-refractivity contribution is 1.66. The summed E-state index contributed by atoms with van der Waals surface area (Å²) in [5.74, 6) is 0. The predicted molar refractivity (Wildman–Crippen MR) is 163 cm³/mol. The Kier molecular flexibility index (Phi) is 4.49. The number of hydrogen-bond acceptors (Lipinski definition) is 1. The SMILES string of the molecule is c1ccc(-c2c3ccccc3c(-c3ccc4sc5ccc6ccccc6c5c4c3)c3ccccc23)cc1. The average Bonchev–Trinajstić information content (AvgIpc) is 3.35. The van der Waals surface area contributed by atoms with Crippen molar-refractivity contribution in [2.24, 2.45) is 0 Å². The monoisotopic (exact) mass is 486 g/mol. The van der Waals surface area contributed by atoms with Gasteiger partial charge in [-0.15, -0.1) is 11.3 Å². The van der Waals surface area contributed by atoms with Gasteiger partial charge in [0.2, 0.25) is 0 Å². The second kappa shape index (κ2) is 8.03. The van der Waals surface area contributed by atoms with Crippen molar-refractivity contribution in [3.05, 3.63) is 133 Å². The van der Waals surface area contributed by atoms with Crippen molar-refractivity contribution in [2.75, 3.05) is 0 Å². The van der Waals surface area contributed by atoms with E-state index >= 15 is 0 Å². The van der Waals surface area contributed by atoms with Crippen molar-refractivity contribution < 1.29 is 0 Å². The highest BCUT2D eigenvalue weighted by Crippen LogP contribution is 2.46. The van der Waals surface area contributed by atoms with Gasteiger partial charge in [0.25, 0.3) is 0 Å². The lowest BCUT2D eigenvalue weighted by atomic mass is 9.86. The average molecular weight is 487 g/mol. The van der Waals surface area contributed by atoms with E-state index in [-0.39, 0.29) is 0 Å². The first-order chi connectivity index (χ1) is 18.4. The zero-order valence-electron chi connectivity index (χ0n) is 20.1. The van der Waals surface area contributed by atoms with E-state index < -0.39 is 0 Å². The van der Waals surface area contributed by atoms with Gasteiger partial charge in [0.1, 0.15) is 0 Å². The van der Waals surface area contributed by atoms with Gasteiger partial charge in [-0.05, 0) is 72.8 Å². The van der Waals surface area contributed by atoms with Crippen LogP contribution in [0.1, 0.15) is 0 Å². The van der Waals surface area contributed by atoms with Crippen molar-refractivity contribution >= 4 is 63.8 Å². The van der Waals surface area contributed by atoms with Gasteiger partial charge in [0.15, 0.2) is 0 Å². The van der Waals surface area contributed by atoms with E-state index in [1.54, 1.807) is 0 Å². The van der Waals surface area contributed by atoms with Crippen LogP contribution in [0.3, 0.4) is 0 Å². The molecule has 37 heavy (non-hydrogen) atoms. The van der Waals surface area contributed by atoms with Crippen molar-refractivity contribution in [1.29, 1.82) is 0 Å². The van der Waals surface area contributed by atoms with Gasteiger partial charge in [-0.3, -0.25) is 0 Å². The Morgan fingerprint density at radius 2 is 0.892 bits per heavy atom. The molecular formula is C36H22S. The Hall–Kier alpha value is -4.46. The number of benzene rings is 7. The van der Waals surface area contributed by atoms with Gasteiger partial charge in [0, 0.05) is 20.2 Å². The first-order valence-electron chi connectivity index (χ1n) is 12.7. The molecule has 0 bridgehead atoms. The fraction of sp³-hybridized carbons (Fsp3) is 0. The van der Waals surface area contributed by atoms with Gasteiger partial charge in [-0.2, -0.15) is 0 Å². The normalized spacial score (nSPS) is 11.8. The first kappa shape index (κ1) is 20.7. The van der Waals surface area contributed by atoms with Crippen molar-refractivity contribution in [3.63, 3.8) is 0 Å². The summed E-state index contributed by atoms with van der Waals surface area (Å²) >= 11 is 1.89. The molecule has 0 aliphatic rings. The molecule has 1 aromatic heterocycles. The standard InChI is InChI=1S/C36H22S/c1-2-11-24(12-3-1)34-27-14-6-8-16-29(27)35(30-17-9-7-15-28(30)34)25-19-20-32-31(22-25)36-26-13-5-4-10-23(26)18-21-33(36)37-32/h1-22H. The molecule has 0 nitrogen and oxygen atoms in total. The molecule has 8 rings (SSSR count). The number of rotatable bonds is 2. The van der Waals surface area contributed by atoms with Crippen LogP contribution in [0.15, 0.2) is 133 Å². The zero-order valence-corrected chi connectivity index (χ0v) is 20.9. The number of thiophene rings is 1. The fourth-order valence-corrected chi connectivity index (χ4v) is 7.16. The van der Waals surface area contributed by atoms with Crippen LogP contribution in [-0.4, -0.2) is 0 Å². The summed E-state index contributed by atoms with van der Waals surface area (Å²) in [5.41, 5.74) is 5.15. The topological polar surface area (TPSA) is 0 Å². The lowest BCUT2D eigenvalue weighted by Crippen LogP contribution is -1.90. The molecule has 0 amide bonds. The Balaban J connectivity index is 1.51. The van der Waals surface area contributed by atoms with Crippen molar-refractivity contribution in [2.45, 2.75) is 0 Å². The summed E-state index contributed by atoms with van der Waals surface area (Å²) in [4.78, 5) is 0. The second-order valence-corrected chi connectivity index (χ2v) is 10.8. The summed E-state index contributed by atoms with van der Waals surface area (Å²) in [6.45, 7) is 0. The Morgan fingerprint density at radius 1 is 0.351 bits per heavy atom. The molecule has 0 spiro atoms.